The van der Waals surface area contributed by atoms with Gasteiger partial charge in [0.1, 0.15) is 0 Å². The average molecular weight is 406 g/mol. The van der Waals surface area contributed by atoms with Crippen LogP contribution in [0, 0.1) is 0 Å². The van der Waals surface area contributed by atoms with Crippen LogP contribution in [0.5, 0.6) is 0 Å². The number of carbonyl (C=O) groups excluding carboxylic acids is 1. The molecular weight excluding hydrogens is 382 g/mol. The summed E-state index contributed by atoms with van der Waals surface area (Å²) < 4.78 is 2.29. The summed E-state index contributed by atoms with van der Waals surface area (Å²) in [6, 6.07) is 22.1. The molecule has 5 heteroatoms. The van der Waals surface area contributed by atoms with Crippen molar-refractivity contribution in [3.05, 3.63) is 77.3 Å². The van der Waals surface area contributed by atoms with Crippen molar-refractivity contribution in [2.24, 2.45) is 0 Å². The zero-order chi connectivity index (χ0) is 20.4. The highest BCUT2D eigenvalue weighted by molar-refractivity contribution is 6.31. The molecule has 0 fully saturated rings. The van der Waals surface area contributed by atoms with E-state index < -0.39 is 0 Å². The van der Waals surface area contributed by atoms with E-state index in [0.29, 0.717) is 5.02 Å². The minimum absolute atomic E-state index is 0.0144. The third kappa shape index (κ3) is 3.86. The third-order valence-corrected chi connectivity index (χ3v) is 5.66. The number of anilines is 1. The SMILES string of the molecule is CCn1c2ccccc2c2cc(NC(=O)CN[C@H](C)c3ccccc3Cl)ccc21. The molecule has 0 aliphatic carbocycles. The van der Waals surface area contributed by atoms with Crippen LogP contribution in [0.1, 0.15) is 25.5 Å². The standard InChI is InChI=1S/C24H24ClN3O/c1-3-28-22-11-7-5-9-19(22)20-14-17(12-13-23(20)28)27-24(29)15-26-16(2)18-8-4-6-10-21(18)25/h4-14,16,26H,3,15H2,1-2H3,(H,27,29)/t16-/m1/s1. The Balaban J connectivity index is 1.50. The highest BCUT2D eigenvalue weighted by Gasteiger charge is 2.13. The number of benzene rings is 3. The summed E-state index contributed by atoms with van der Waals surface area (Å²) in [5.41, 5.74) is 4.17. The van der Waals surface area contributed by atoms with Crippen molar-refractivity contribution >= 4 is 45.0 Å². The van der Waals surface area contributed by atoms with Gasteiger partial charge in [0.15, 0.2) is 0 Å². The molecule has 2 N–H and O–H groups in total. The normalized spacial score (nSPS) is 12.4. The second kappa shape index (κ2) is 8.27. The van der Waals surface area contributed by atoms with E-state index in [0.717, 1.165) is 23.2 Å². The van der Waals surface area contributed by atoms with Gasteiger partial charge in [0, 0.05) is 45.1 Å². The van der Waals surface area contributed by atoms with Gasteiger partial charge in [-0.25, -0.2) is 0 Å². The van der Waals surface area contributed by atoms with Crippen molar-refractivity contribution < 1.29 is 4.79 Å². The fourth-order valence-electron chi connectivity index (χ4n) is 3.86. The molecule has 1 aromatic heterocycles. The molecule has 0 bridgehead atoms. The molecule has 0 spiro atoms. The number of hydrogen-bond acceptors (Lipinski definition) is 2. The number of rotatable bonds is 6. The summed E-state index contributed by atoms with van der Waals surface area (Å²) in [6.07, 6.45) is 0. The van der Waals surface area contributed by atoms with Gasteiger partial charge in [-0.05, 0) is 49.7 Å². The van der Waals surface area contributed by atoms with Crippen LogP contribution >= 0.6 is 11.6 Å². The van der Waals surface area contributed by atoms with Crippen LogP contribution < -0.4 is 10.6 Å². The predicted octanol–water partition coefficient (Wildman–Crippen LogP) is 5.76. The molecule has 4 rings (SSSR count). The van der Waals surface area contributed by atoms with E-state index in [1.165, 1.54) is 16.4 Å². The molecule has 1 heterocycles. The number of fused-ring (bicyclic) bond motifs is 3. The van der Waals surface area contributed by atoms with E-state index in [9.17, 15) is 4.79 Å². The summed E-state index contributed by atoms with van der Waals surface area (Å²) in [4.78, 5) is 12.5. The first-order chi connectivity index (χ1) is 14.1. The Morgan fingerprint density at radius 2 is 1.72 bits per heavy atom. The van der Waals surface area contributed by atoms with Crippen LogP contribution in [0.2, 0.25) is 5.02 Å². The summed E-state index contributed by atoms with van der Waals surface area (Å²) >= 11 is 6.24. The Morgan fingerprint density at radius 1 is 1.00 bits per heavy atom. The van der Waals surface area contributed by atoms with Crippen molar-refractivity contribution in [3.63, 3.8) is 0 Å². The molecular formula is C24H24ClN3O. The minimum atomic E-state index is -0.0810. The number of hydrogen-bond donors (Lipinski definition) is 2. The van der Waals surface area contributed by atoms with Crippen molar-refractivity contribution in [2.75, 3.05) is 11.9 Å². The van der Waals surface area contributed by atoms with Crippen LogP contribution in [-0.2, 0) is 11.3 Å². The maximum Gasteiger partial charge on any atom is 0.238 e. The molecule has 1 amide bonds. The lowest BCUT2D eigenvalue weighted by Crippen LogP contribution is -2.30. The highest BCUT2D eigenvalue weighted by atomic mass is 35.5. The van der Waals surface area contributed by atoms with Crippen molar-refractivity contribution in [1.29, 1.82) is 0 Å². The van der Waals surface area contributed by atoms with Crippen LogP contribution in [0.25, 0.3) is 21.8 Å². The summed E-state index contributed by atoms with van der Waals surface area (Å²) in [6.45, 7) is 5.26. The van der Waals surface area contributed by atoms with E-state index in [2.05, 4.69) is 52.5 Å². The third-order valence-electron chi connectivity index (χ3n) is 5.31. The lowest BCUT2D eigenvalue weighted by Gasteiger charge is -2.15. The molecule has 0 radical (unpaired) electrons. The molecule has 148 valence electrons. The lowest BCUT2D eigenvalue weighted by molar-refractivity contribution is -0.115. The molecule has 4 aromatic rings. The number of halogens is 1. The summed E-state index contributed by atoms with van der Waals surface area (Å²) in [5.74, 6) is -0.0810. The smallest absolute Gasteiger partial charge is 0.238 e. The first-order valence-corrected chi connectivity index (χ1v) is 10.2. The fourth-order valence-corrected chi connectivity index (χ4v) is 4.16. The fraction of sp³-hybridized carbons (Fsp3) is 0.208. The zero-order valence-electron chi connectivity index (χ0n) is 16.6. The number of nitrogens with one attached hydrogen (secondary N) is 2. The number of nitrogens with zero attached hydrogens (tertiary/aromatic N) is 1. The quantitative estimate of drug-likeness (QED) is 0.428. The Labute approximate surface area is 175 Å². The zero-order valence-corrected chi connectivity index (χ0v) is 17.3. The Morgan fingerprint density at radius 3 is 2.52 bits per heavy atom. The molecule has 0 saturated carbocycles. The minimum Gasteiger partial charge on any atom is -0.341 e. The molecule has 29 heavy (non-hydrogen) atoms. The number of amides is 1. The van der Waals surface area contributed by atoms with Gasteiger partial charge < -0.3 is 15.2 Å². The van der Waals surface area contributed by atoms with E-state index in [1.807, 2.05) is 43.3 Å². The maximum atomic E-state index is 12.5. The number of carbonyl (C=O) groups is 1. The predicted molar refractivity (Wildman–Crippen MR) is 122 cm³/mol. The van der Waals surface area contributed by atoms with E-state index in [1.54, 1.807) is 0 Å². The Kier molecular flexibility index (Phi) is 5.56. The Hall–Kier alpha value is -2.82. The van der Waals surface area contributed by atoms with E-state index in [4.69, 9.17) is 11.6 Å². The van der Waals surface area contributed by atoms with Crippen LogP contribution in [0.15, 0.2) is 66.7 Å². The van der Waals surface area contributed by atoms with Crippen molar-refractivity contribution in [3.8, 4) is 0 Å². The monoisotopic (exact) mass is 405 g/mol. The van der Waals surface area contributed by atoms with Crippen LogP contribution in [0.4, 0.5) is 5.69 Å². The van der Waals surface area contributed by atoms with Crippen molar-refractivity contribution in [2.45, 2.75) is 26.4 Å². The Bertz CT molecular complexity index is 1180. The molecule has 0 saturated heterocycles. The molecule has 0 aliphatic rings. The lowest BCUT2D eigenvalue weighted by atomic mass is 10.1. The van der Waals surface area contributed by atoms with Gasteiger partial charge in [0.2, 0.25) is 5.91 Å². The molecule has 1 atom stereocenters. The van der Waals surface area contributed by atoms with E-state index in [-0.39, 0.29) is 18.5 Å². The van der Waals surface area contributed by atoms with Gasteiger partial charge in [-0.15, -0.1) is 0 Å². The average Bonchev–Trinajstić information content (AvgIpc) is 3.05. The van der Waals surface area contributed by atoms with E-state index >= 15 is 0 Å². The highest BCUT2D eigenvalue weighted by Crippen LogP contribution is 2.31. The van der Waals surface area contributed by atoms with Gasteiger partial charge in [0.25, 0.3) is 0 Å². The largest absolute Gasteiger partial charge is 0.341 e. The molecule has 0 aliphatic heterocycles. The first kappa shape index (κ1) is 19.5. The molecule has 0 unspecified atom stereocenters. The second-order valence-electron chi connectivity index (χ2n) is 7.17. The second-order valence-corrected chi connectivity index (χ2v) is 7.57. The van der Waals surface area contributed by atoms with Gasteiger partial charge in [-0.3, -0.25) is 4.79 Å². The van der Waals surface area contributed by atoms with Gasteiger partial charge in [0.05, 0.1) is 6.54 Å². The number of aryl methyl sites for hydroxylation is 1. The van der Waals surface area contributed by atoms with Crippen molar-refractivity contribution in [1.82, 2.24) is 9.88 Å². The summed E-state index contributed by atoms with van der Waals surface area (Å²) in [7, 11) is 0. The molecule has 3 aromatic carbocycles. The number of aromatic nitrogens is 1. The topological polar surface area (TPSA) is 46.1 Å². The van der Waals surface area contributed by atoms with Gasteiger partial charge >= 0.3 is 0 Å². The van der Waals surface area contributed by atoms with Crippen LogP contribution in [-0.4, -0.2) is 17.0 Å². The maximum absolute atomic E-state index is 12.5. The first-order valence-electron chi connectivity index (χ1n) is 9.87. The summed E-state index contributed by atoms with van der Waals surface area (Å²) in [5, 5.41) is 9.29. The van der Waals surface area contributed by atoms with Gasteiger partial charge in [-0.1, -0.05) is 48.0 Å². The number of para-hydroxylation sites is 1. The van der Waals surface area contributed by atoms with Gasteiger partial charge in [-0.2, -0.15) is 0 Å². The van der Waals surface area contributed by atoms with Crippen LogP contribution in [0.3, 0.4) is 0 Å². The molecule has 4 nitrogen and oxygen atoms in total.